The van der Waals surface area contributed by atoms with Crippen LogP contribution in [0.25, 0.3) is 0 Å². The van der Waals surface area contributed by atoms with E-state index in [1.165, 1.54) is 0 Å². The highest BCUT2D eigenvalue weighted by molar-refractivity contribution is 6.02. The Bertz CT molecular complexity index is 785. The van der Waals surface area contributed by atoms with Crippen LogP contribution in [0.1, 0.15) is 36.5 Å². The van der Waals surface area contributed by atoms with E-state index in [2.05, 4.69) is 21.9 Å². The molecule has 1 fully saturated rings. The third-order valence-electron chi connectivity index (χ3n) is 4.98. The van der Waals surface area contributed by atoms with Crippen molar-refractivity contribution in [1.29, 1.82) is 0 Å². The van der Waals surface area contributed by atoms with Crippen LogP contribution in [0.2, 0.25) is 0 Å². The minimum atomic E-state index is -0.690. The van der Waals surface area contributed by atoms with Crippen LogP contribution >= 0.6 is 0 Å². The number of likely N-dealkylation sites (tertiary alicyclic amines) is 1. The first kappa shape index (κ1) is 17.8. The molecule has 2 heterocycles. The average molecular weight is 354 g/mol. The number of terminal acetylenes is 1. The van der Waals surface area contributed by atoms with Gasteiger partial charge in [-0.2, -0.15) is 0 Å². The number of nitrogens with zero attached hydrogens (tertiary/aromatic N) is 1. The zero-order chi connectivity index (χ0) is 18.7. The zero-order valence-corrected chi connectivity index (χ0v) is 14.7. The molecule has 0 saturated carbocycles. The van der Waals surface area contributed by atoms with E-state index in [9.17, 15) is 14.4 Å². The zero-order valence-electron chi connectivity index (χ0n) is 14.7. The fraction of sp³-hybridized carbons (Fsp3) is 0.421. The van der Waals surface area contributed by atoms with Crippen molar-refractivity contribution in [2.24, 2.45) is 0 Å². The summed E-state index contributed by atoms with van der Waals surface area (Å²) in [6, 6.07) is 6.68. The molecular weight excluding hydrogens is 332 g/mol. The second-order valence-electron chi connectivity index (χ2n) is 6.64. The maximum absolute atomic E-state index is 12.6. The van der Waals surface area contributed by atoms with Gasteiger partial charge in [-0.15, -0.1) is 6.42 Å². The van der Waals surface area contributed by atoms with Crippen molar-refractivity contribution in [2.45, 2.75) is 37.9 Å². The molecule has 0 unspecified atom stereocenters. The summed E-state index contributed by atoms with van der Waals surface area (Å²) in [5.41, 5.74) is 0.662. The van der Waals surface area contributed by atoms with Crippen LogP contribution in [0.5, 0.6) is 0 Å². The third-order valence-corrected chi connectivity index (χ3v) is 4.98. The molecule has 0 aliphatic carbocycles. The summed E-state index contributed by atoms with van der Waals surface area (Å²) >= 11 is 0. The number of carbonyl (C=O) groups excluding carboxylic acids is 3. The second kappa shape index (κ2) is 7.08. The smallest absolute Gasteiger partial charge is 0.255 e. The van der Waals surface area contributed by atoms with Crippen LogP contribution in [0.15, 0.2) is 24.3 Å². The van der Waals surface area contributed by atoms with Gasteiger partial charge >= 0.3 is 0 Å². The van der Waals surface area contributed by atoms with Crippen LogP contribution in [-0.2, 0) is 9.59 Å². The molecule has 7 nitrogen and oxygen atoms in total. The monoisotopic (exact) mass is 354 g/mol. The van der Waals surface area contributed by atoms with E-state index >= 15 is 0 Å². The Kier molecular flexibility index (Phi) is 4.85. The number of nitrogens with one attached hydrogen (secondary N) is 3. The lowest BCUT2D eigenvalue weighted by Crippen LogP contribution is -2.58. The number of rotatable bonds is 3. The van der Waals surface area contributed by atoms with E-state index in [-0.39, 0.29) is 30.7 Å². The summed E-state index contributed by atoms with van der Waals surface area (Å²) in [5, 5.41) is 9.01. The van der Waals surface area contributed by atoms with Gasteiger partial charge in [0.25, 0.3) is 5.91 Å². The van der Waals surface area contributed by atoms with Gasteiger partial charge in [-0.1, -0.05) is 18.1 Å². The van der Waals surface area contributed by atoms with Gasteiger partial charge in [0.15, 0.2) is 0 Å². The lowest BCUT2D eigenvalue weighted by atomic mass is 9.95. The highest BCUT2D eigenvalue weighted by Crippen LogP contribution is 2.31. The summed E-state index contributed by atoms with van der Waals surface area (Å²) in [4.78, 5) is 38.7. The highest BCUT2D eigenvalue weighted by atomic mass is 16.2. The van der Waals surface area contributed by atoms with Crippen molar-refractivity contribution in [2.75, 3.05) is 18.4 Å². The Morgan fingerprint density at radius 1 is 1.35 bits per heavy atom. The van der Waals surface area contributed by atoms with Gasteiger partial charge in [0.05, 0.1) is 12.1 Å². The summed E-state index contributed by atoms with van der Waals surface area (Å²) in [7, 11) is 0. The molecule has 136 valence electrons. The quantitative estimate of drug-likeness (QED) is 0.697. The van der Waals surface area contributed by atoms with E-state index in [4.69, 9.17) is 6.42 Å². The maximum Gasteiger partial charge on any atom is 0.255 e. The molecule has 0 bridgehead atoms. The number of fused-ring (bicyclic) bond motifs is 1. The molecule has 3 N–H and O–H groups in total. The molecule has 26 heavy (non-hydrogen) atoms. The number of carbonyl (C=O) groups is 3. The first-order valence-corrected chi connectivity index (χ1v) is 8.66. The average Bonchev–Trinajstić information content (AvgIpc) is 2.79. The number of hydrogen-bond acceptors (Lipinski definition) is 4. The minimum Gasteiger partial charge on any atom is -0.362 e. The van der Waals surface area contributed by atoms with Gasteiger partial charge in [-0.25, -0.2) is 0 Å². The second-order valence-corrected chi connectivity index (χ2v) is 6.64. The molecule has 1 saturated heterocycles. The molecule has 3 rings (SSSR count). The van der Waals surface area contributed by atoms with Gasteiger partial charge in [-0.3, -0.25) is 14.4 Å². The Morgan fingerprint density at radius 3 is 2.88 bits per heavy atom. The Balaban J connectivity index is 1.76. The van der Waals surface area contributed by atoms with E-state index in [0.717, 1.165) is 5.69 Å². The van der Waals surface area contributed by atoms with Crippen molar-refractivity contribution in [1.82, 2.24) is 15.5 Å². The van der Waals surface area contributed by atoms with Crippen molar-refractivity contribution >= 4 is 23.4 Å². The molecule has 1 aromatic rings. The number of benzene rings is 1. The molecule has 0 radical (unpaired) electrons. The van der Waals surface area contributed by atoms with E-state index in [1.807, 2.05) is 18.2 Å². The van der Waals surface area contributed by atoms with Crippen LogP contribution in [0.4, 0.5) is 5.69 Å². The van der Waals surface area contributed by atoms with Crippen LogP contribution in [0.3, 0.4) is 0 Å². The van der Waals surface area contributed by atoms with Gasteiger partial charge in [0.1, 0.15) is 11.7 Å². The molecule has 3 amide bonds. The molecule has 1 spiro atoms. The highest BCUT2D eigenvalue weighted by Gasteiger charge is 2.41. The predicted octanol–water partition coefficient (Wildman–Crippen LogP) is 0.689. The molecule has 2 aliphatic heterocycles. The fourth-order valence-electron chi connectivity index (χ4n) is 3.48. The predicted molar refractivity (Wildman–Crippen MR) is 97.1 cm³/mol. The van der Waals surface area contributed by atoms with Crippen molar-refractivity contribution in [3.63, 3.8) is 0 Å². The molecule has 2 aliphatic rings. The number of para-hydroxylation sites is 1. The van der Waals surface area contributed by atoms with Crippen LogP contribution in [-0.4, -0.2) is 47.4 Å². The van der Waals surface area contributed by atoms with Gasteiger partial charge in [0, 0.05) is 25.1 Å². The number of amides is 3. The lowest BCUT2D eigenvalue weighted by molar-refractivity contribution is -0.139. The van der Waals surface area contributed by atoms with Crippen molar-refractivity contribution in [3.05, 3.63) is 29.8 Å². The first-order valence-electron chi connectivity index (χ1n) is 8.66. The van der Waals surface area contributed by atoms with Crippen LogP contribution < -0.4 is 16.0 Å². The SMILES string of the molecule is C#CCNC(=O)[C@H](C)N1CC[C@@]2(CCC1=O)NC(=O)c1ccccc1N2. The van der Waals surface area contributed by atoms with Gasteiger partial charge in [0.2, 0.25) is 11.8 Å². The summed E-state index contributed by atoms with van der Waals surface area (Å²) < 4.78 is 0. The summed E-state index contributed by atoms with van der Waals surface area (Å²) in [6.45, 7) is 2.17. The Morgan fingerprint density at radius 2 is 2.12 bits per heavy atom. The van der Waals surface area contributed by atoms with Gasteiger partial charge < -0.3 is 20.9 Å². The number of hydrogen-bond donors (Lipinski definition) is 3. The standard InChI is InChI=1S/C19H22N4O3/c1-3-11-20-17(25)13(2)23-12-10-19(9-8-16(23)24)21-15-7-5-4-6-14(15)18(26)22-19/h1,4-7,13,21H,8-12H2,2H3,(H,20,25)(H,22,26)/t13-,19+/m0/s1. The van der Waals surface area contributed by atoms with Crippen molar-refractivity contribution in [3.8, 4) is 12.3 Å². The summed E-state index contributed by atoms with van der Waals surface area (Å²) in [5.74, 6) is 1.80. The third kappa shape index (κ3) is 3.36. The molecular formula is C19H22N4O3. The Labute approximate surface area is 152 Å². The van der Waals surface area contributed by atoms with E-state index in [1.54, 1.807) is 17.9 Å². The molecule has 7 heteroatoms. The lowest BCUT2D eigenvalue weighted by Gasteiger charge is -2.40. The molecule has 1 aromatic carbocycles. The minimum absolute atomic E-state index is 0.111. The molecule has 0 aromatic heterocycles. The van der Waals surface area contributed by atoms with E-state index < -0.39 is 11.7 Å². The van der Waals surface area contributed by atoms with E-state index in [0.29, 0.717) is 24.9 Å². The maximum atomic E-state index is 12.6. The Hall–Kier alpha value is -3.01. The molecule has 2 atom stereocenters. The first-order chi connectivity index (χ1) is 12.5. The van der Waals surface area contributed by atoms with Crippen LogP contribution in [0, 0.1) is 12.3 Å². The fourth-order valence-corrected chi connectivity index (χ4v) is 3.48. The van der Waals surface area contributed by atoms with Gasteiger partial charge in [-0.05, 0) is 25.5 Å². The van der Waals surface area contributed by atoms with Crippen molar-refractivity contribution < 1.29 is 14.4 Å². The normalized spacial score (nSPS) is 23.2. The topological polar surface area (TPSA) is 90.5 Å². The summed E-state index contributed by atoms with van der Waals surface area (Å²) in [6.07, 6.45) is 6.36. The number of anilines is 1. The largest absolute Gasteiger partial charge is 0.362 e.